The smallest absolute Gasteiger partial charge is 0.341 e. The standard InChI is InChI=1S/C38H42O9/c1-7-28-20-34(38(41)43-6)36(46-28)33-22-35(47-37(40)27-11-9-8-10-12-27)32(33)21-31(45-25(4)39)18-17-30(19-24(2)3)44-23-26-13-15-29(42-5)16-14-26/h7-18,20,30-33,35H,1-2,19,21-23H2,3-6H3/b18-17+/t30-,31?,32-,33+,35+/m1/s1. The predicted octanol–water partition coefficient (Wildman–Crippen LogP) is 7.48. The molecule has 5 atom stereocenters. The molecule has 9 nitrogen and oxygen atoms in total. The third-order valence-electron chi connectivity index (χ3n) is 8.01. The van der Waals surface area contributed by atoms with Gasteiger partial charge in [-0.05, 0) is 74.2 Å². The number of ether oxygens (including phenoxy) is 5. The molecule has 0 radical (unpaired) electrons. The quantitative estimate of drug-likeness (QED) is 0.0892. The van der Waals surface area contributed by atoms with Gasteiger partial charge < -0.3 is 28.1 Å². The average Bonchev–Trinajstić information content (AvgIpc) is 3.49. The number of methoxy groups -OCH3 is 2. The van der Waals surface area contributed by atoms with E-state index in [0.29, 0.717) is 36.5 Å². The van der Waals surface area contributed by atoms with E-state index >= 15 is 0 Å². The number of benzene rings is 2. The van der Waals surface area contributed by atoms with Crippen LogP contribution in [0.15, 0.2) is 96.0 Å². The molecule has 0 saturated heterocycles. The molecule has 0 spiro atoms. The molecular formula is C38H42O9. The second-order valence-corrected chi connectivity index (χ2v) is 11.6. The molecule has 47 heavy (non-hydrogen) atoms. The third-order valence-corrected chi connectivity index (χ3v) is 8.01. The van der Waals surface area contributed by atoms with Crippen molar-refractivity contribution in [3.8, 4) is 5.75 Å². The van der Waals surface area contributed by atoms with E-state index in [1.165, 1.54) is 20.1 Å². The average molecular weight is 643 g/mol. The molecule has 1 unspecified atom stereocenters. The molecule has 1 aliphatic rings. The molecule has 0 N–H and O–H groups in total. The third kappa shape index (κ3) is 9.56. The van der Waals surface area contributed by atoms with E-state index in [1.807, 2.05) is 43.3 Å². The summed E-state index contributed by atoms with van der Waals surface area (Å²) in [6.45, 7) is 11.4. The first-order valence-electron chi connectivity index (χ1n) is 15.5. The zero-order chi connectivity index (χ0) is 33.9. The van der Waals surface area contributed by atoms with E-state index in [1.54, 1.807) is 43.5 Å². The van der Waals surface area contributed by atoms with Crippen molar-refractivity contribution in [3.63, 3.8) is 0 Å². The van der Waals surface area contributed by atoms with Gasteiger partial charge in [-0.15, -0.1) is 6.58 Å². The van der Waals surface area contributed by atoms with Gasteiger partial charge in [0.05, 0.1) is 32.5 Å². The molecule has 1 heterocycles. The van der Waals surface area contributed by atoms with Crippen LogP contribution in [0.1, 0.15) is 76.8 Å². The van der Waals surface area contributed by atoms with Gasteiger partial charge in [0.1, 0.15) is 35.0 Å². The summed E-state index contributed by atoms with van der Waals surface area (Å²) in [4.78, 5) is 38.0. The fourth-order valence-electron chi connectivity index (χ4n) is 5.61. The van der Waals surface area contributed by atoms with Crippen LogP contribution in [0.4, 0.5) is 0 Å². The number of carbonyl (C=O) groups excluding carboxylic acids is 3. The van der Waals surface area contributed by atoms with Gasteiger partial charge in [0, 0.05) is 18.8 Å². The normalized spacial score (nSPS) is 18.4. The lowest BCUT2D eigenvalue weighted by Gasteiger charge is -2.44. The van der Waals surface area contributed by atoms with Crippen molar-refractivity contribution in [1.82, 2.24) is 0 Å². The van der Waals surface area contributed by atoms with Crippen LogP contribution < -0.4 is 4.74 Å². The Hall–Kier alpha value is -4.89. The van der Waals surface area contributed by atoms with Crippen LogP contribution >= 0.6 is 0 Å². The summed E-state index contributed by atoms with van der Waals surface area (Å²) in [5, 5.41) is 0. The van der Waals surface area contributed by atoms with Crippen LogP contribution in [-0.4, -0.2) is 50.4 Å². The van der Waals surface area contributed by atoms with Crippen molar-refractivity contribution in [2.75, 3.05) is 14.2 Å². The first-order valence-corrected chi connectivity index (χ1v) is 15.5. The molecule has 9 heteroatoms. The number of hydrogen-bond acceptors (Lipinski definition) is 9. The molecule has 1 aliphatic carbocycles. The van der Waals surface area contributed by atoms with Gasteiger partial charge in [0.2, 0.25) is 0 Å². The van der Waals surface area contributed by atoms with E-state index < -0.39 is 30.1 Å². The first kappa shape index (κ1) is 35.0. The van der Waals surface area contributed by atoms with Gasteiger partial charge in [-0.1, -0.05) is 48.6 Å². The maximum Gasteiger partial charge on any atom is 0.341 e. The highest BCUT2D eigenvalue weighted by Crippen LogP contribution is 2.49. The Morgan fingerprint density at radius 3 is 2.30 bits per heavy atom. The van der Waals surface area contributed by atoms with Crippen molar-refractivity contribution >= 4 is 24.0 Å². The number of furan rings is 1. The fraction of sp³-hybridized carbons (Fsp3) is 0.342. The topological polar surface area (TPSA) is 111 Å². The molecule has 4 rings (SSSR count). The molecule has 2 aromatic carbocycles. The highest BCUT2D eigenvalue weighted by molar-refractivity contribution is 5.91. The fourth-order valence-corrected chi connectivity index (χ4v) is 5.61. The summed E-state index contributed by atoms with van der Waals surface area (Å²) in [7, 11) is 2.92. The van der Waals surface area contributed by atoms with Gasteiger partial charge in [0.15, 0.2) is 0 Å². The maximum absolute atomic E-state index is 13.1. The highest BCUT2D eigenvalue weighted by atomic mass is 16.6. The molecule has 0 amide bonds. The molecule has 1 saturated carbocycles. The minimum atomic E-state index is -0.689. The van der Waals surface area contributed by atoms with Crippen LogP contribution in [0.3, 0.4) is 0 Å². The van der Waals surface area contributed by atoms with Gasteiger partial charge in [0.25, 0.3) is 0 Å². The number of hydrogen-bond donors (Lipinski definition) is 0. The summed E-state index contributed by atoms with van der Waals surface area (Å²) in [5.41, 5.74) is 2.60. The highest BCUT2D eigenvalue weighted by Gasteiger charge is 2.48. The largest absolute Gasteiger partial charge is 0.497 e. The van der Waals surface area contributed by atoms with Gasteiger partial charge in [-0.25, -0.2) is 9.59 Å². The molecule has 3 aromatic rings. The van der Waals surface area contributed by atoms with Gasteiger partial charge >= 0.3 is 17.9 Å². The Labute approximate surface area is 275 Å². The van der Waals surface area contributed by atoms with E-state index in [9.17, 15) is 14.4 Å². The Balaban J connectivity index is 1.59. The lowest BCUT2D eigenvalue weighted by molar-refractivity contribution is -0.146. The number of carbonyl (C=O) groups is 3. The summed E-state index contributed by atoms with van der Waals surface area (Å²) in [6, 6.07) is 17.9. The molecule has 1 fully saturated rings. The second-order valence-electron chi connectivity index (χ2n) is 11.6. The van der Waals surface area contributed by atoms with Crippen molar-refractivity contribution < 1.29 is 42.5 Å². The zero-order valence-electron chi connectivity index (χ0n) is 27.3. The van der Waals surface area contributed by atoms with Crippen LogP contribution in [-0.2, 0) is 30.3 Å². The van der Waals surface area contributed by atoms with Crippen molar-refractivity contribution in [3.05, 3.63) is 120 Å². The molecule has 0 bridgehead atoms. The molecule has 1 aromatic heterocycles. The van der Waals surface area contributed by atoms with E-state index in [0.717, 1.165) is 16.9 Å². The second kappa shape index (κ2) is 16.6. The van der Waals surface area contributed by atoms with Gasteiger partial charge in [-0.3, -0.25) is 4.79 Å². The summed E-state index contributed by atoms with van der Waals surface area (Å²) in [5.74, 6) is -0.577. The molecular weight excluding hydrogens is 600 g/mol. The number of rotatable bonds is 16. The van der Waals surface area contributed by atoms with Crippen LogP contribution in [0.25, 0.3) is 6.08 Å². The lowest BCUT2D eigenvalue weighted by atomic mass is 9.66. The minimum absolute atomic E-state index is 0.276. The zero-order valence-corrected chi connectivity index (χ0v) is 27.3. The van der Waals surface area contributed by atoms with Crippen LogP contribution in [0.2, 0.25) is 0 Å². The monoisotopic (exact) mass is 642 g/mol. The van der Waals surface area contributed by atoms with E-state index in [-0.39, 0.29) is 29.9 Å². The van der Waals surface area contributed by atoms with Crippen molar-refractivity contribution in [2.24, 2.45) is 5.92 Å². The Kier molecular flexibility index (Phi) is 12.4. The SMILES string of the molecule is C=Cc1cc(C(=O)OC)c([C@H]2C[C@H](OC(=O)c3ccccc3)[C@@H]2CC(/C=C/[C@H](CC(=C)C)OCc2ccc(OC)cc2)OC(C)=O)o1. The first-order chi connectivity index (χ1) is 22.6. The Morgan fingerprint density at radius 1 is 0.979 bits per heavy atom. The maximum atomic E-state index is 13.1. The Morgan fingerprint density at radius 2 is 1.68 bits per heavy atom. The minimum Gasteiger partial charge on any atom is -0.497 e. The van der Waals surface area contributed by atoms with Crippen molar-refractivity contribution in [1.29, 1.82) is 0 Å². The van der Waals surface area contributed by atoms with Crippen LogP contribution in [0, 0.1) is 5.92 Å². The van der Waals surface area contributed by atoms with Crippen LogP contribution in [0.5, 0.6) is 5.75 Å². The van der Waals surface area contributed by atoms with E-state index in [4.69, 9.17) is 28.1 Å². The van der Waals surface area contributed by atoms with E-state index in [2.05, 4.69) is 13.2 Å². The predicted molar refractivity (Wildman–Crippen MR) is 177 cm³/mol. The molecule has 248 valence electrons. The van der Waals surface area contributed by atoms with Gasteiger partial charge in [-0.2, -0.15) is 0 Å². The summed E-state index contributed by atoms with van der Waals surface area (Å²) < 4.78 is 34.2. The Bertz CT molecular complexity index is 1570. The summed E-state index contributed by atoms with van der Waals surface area (Å²) in [6.07, 6.45) is 4.86. The number of esters is 3. The van der Waals surface area contributed by atoms with Crippen molar-refractivity contribution in [2.45, 2.75) is 63.9 Å². The summed E-state index contributed by atoms with van der Waals surface area (Å²) >= 11 is 0. The molecule has 0 aliphatic heterocycles. The lowest BCUT2D eigenvalue weighted by Crippen LogP contribution is -2.45.